The minimum Gasteiger partial charge on any atom is -0.303 e. The summed E-state index contributed by atoms with van der Waals surface area (Å²) >= 11 is 7.72. The molecule has 0 aliphatic carbocycles. The third-order valence-corrected chi connectivity index (χ3v) is 4.35. The molecular weight excluding hydrogens is 262 g/mol. The van der Waals surface area contributed by atoms with Crippen molar-refractivity contribution in [1.29, 1.82) is 0 Å². The van der Waals surface area contributed by atoms with E-state index in [1.165, 1.54) is 10.4 Å². The summed E-state index contributed by atoms with van der Waals surface area (Å²) in [5.41, 5.74) is 1.27. The predicted octanol–water partition coefficient (Wildman–Crippen LogP) is 5.20. The van der Waals surface area contributed by atoms with Crippen molar-refractivity contribution in [3.8, 4) is 0 Å². The molecule has 1 unspecified atom stereocenters. The van der Waals surface area contributed by atoms with Gasteiger partial charge in [-0.2, -0.15) is 0 Å². The highest BCUT2D eigenvalue weighted by Crippen LogP contribution is 2.25. The van der Waals surface area contributed by atoms with Crippen molar-refractivity contribution < 1.29 is 0 Å². The molecule has 0 aliphatic heterocycles. The van der Waals surface area contributed by atoms with E-state index in [0.29, 0.717) is 12.1 Å². The summed E-state index contributed by atoms with van der Waals surface area (Å²) in [7, 11) is 0. The van der Waals surface area contributed by atoms with Crippen molar-refractivity contribution in [1.82, 2.24) is 5.32 Å². The first-order valence-electron chi connectivity index (χ1n) is 6.25. The number of nitrogens with one attached hydrogen (secondary N) is 1. The van der Waals surface area contributed by atoms with Crippen molar-refractivity contribution in [3.63, 3.8) is 0 Å². The van der Waals surface area contributed by atoms with Crippen LogP contribution in [-0.2, 0) is 0 Å². The molecule has 2 aromatic rings. The van der Waals surface area contributed by atoms with Crippen LogP contribution in [-0.4, -0.2) is 0 Å². The topological polar surface area (TPSA) is 12.0 Å². The summed E-state index contributed by atoms with van der Waals surface area (Å²) < 4.78 is 0. The van der Waals surface area contributed by atoms with E-state index in [0.717, 1.165) is 11.4 Å². The van der Waals surface area contributed by atoms with Gasteiger partial charge in [-0.3, -0.25) is 0 Å². The third-order valence-electron chi connectivity index (χ3n) is 3.12. The van der Waals surface area contributed by atoms with Gasteiger partial charge in [-0.05, 0) is 42.5 Å². The average Bonchev–Trinajstić information content (AvgIpc) is 2.90. The number of hydrogen-bond acceptors (Lipinski definition) is 2. The first kappa shape index (κ1) is 13.6. The fraction of sp³-hybridized carbons (Fsp3) is 0.333. The summed E-state index contributed by atoms with van der Waals surface area (Å²) in [6.07, 6.45) is 1.10. The van der Waals surface area contributed by atoms with E-state index < -0.39 is 0 Å². The van der Waals surface area contributed by atoms with Crippen LogP contribution in [0.4, 0.5) is 0 Å². The molecular formula is C15H18ClNS. The van der Waals surface area contributed by atoms with Gasteiger partial charge >= 0.3 is 0 Å². The van der Waals surface area contributed by atoms with Gasteiger partial charge in [-0.15, -0.1) is 11.3 Å². The van der Waals surface area contributed by atoms with Gasteiger partial charge < -0.3 is 5.32 Å². The van der Waals surface area contributed by atoms with Gasteiger partial charge in [0.2, 0.25) is 0 Å². The maximum absolute atomic E-state index is 5.91. The van der Waals surface area contributed by atoms with Crippen LogP contribution in [0.2, 0.25) is 5.02 Å². The molecule has 0 radical (unpaired) electrons. The normalized spacial score (nSPS) is 14.4. The lowest BCUT2D eigenvalue weighted by atomic mass is 10.1. The summed E-state index contributed by atoms with van der Waals surface area (Å²) in [6.45, 7) is 4.41. The molecule has 0 fully saturated rings. The zero-order valence-corrected chi connectivity index (χ0v) is 12.3. The molecule has 2 rings (SSSR count). The number of benzene rings is 1. The molecule has 1 nitrogen and oxygen atoms in total. The highest BCUT2D eigenvalue weighted by Gasteiger charge is 2.14. The average molecular weight is 280 g/mol. The summed E-state index contributed by atoms with van der Waals surface area (Å²) in [6, 6.07) is 13.1. The van der Waals surface area contributed by atoms with E-state index in [1.54, 1.807) is 0 Å². The molecule has 2 atom stereocenters. The van der Waals surface area contributed by atoms with Gasteiger partial charge in [0.15, 0.2) is 0 Å². The van der Waals surface area contributed by atoms with Gasteiger partial charge in [-0.1, -0.05) is 36.7 Å². The van der Waals surface area contributed by atoms with E-state index in [1.807, 2.05) is 23.5 Å². The predicted molar refractivity (Wildman–Crippen MR) is 80.4 cm³/mol. The van der Waals surface area contributed by atoms with Crippen molar-refractivity contribution in [3.05, 3.63) is 57.2 Å². The summed E-state index contributed by atoms with van der Waals surface area (Å²) in [4.78, 5) is 1.40. The molecule has 3 heteroatoms. The first-order valence-corrected chi connectivity index (χ1v) is 7.51. The second-order valence-corrected chi connectivity index (χ2v) is 5.83. The largest absolute Gasteiger partial charge is 0.303 e. The van der Waals surface area contributed by atoms with Crippen LogP contribution in [0.25, 0.3) is 0 Å². The molecule has 0 spiro atoms. The van der Waals surface area contributed by atoms with E-state index in [-0.39, 0.29) is 0 Å². The van der Waals surface area contributed by atoms with E-state index in [4.69, 9.17) is 11.6 Å². The Morgan fingerprint density at radius 3 is 2.50 bits per heavy atom. The minimum atomic E-state index is 0.328. The Hall–Kier alpha value is -0.830. The zero-order chi connectivity index (χ0) is 13.0. The smallest absolute Gasteiger partial charge is 0.0416 e. The number of halogens is 1. The van der Waals surface area contributed by atoms with Gasteiger partial charge in [0.05, 0.1) is 0 Å². The second-order valence-electron chi connectivity index (χ2n) is 4.42. The second kappa shape index (κ2) is 6.37. The van der Waals surface area contributed by atoms with Gasteiger partial charge in [0.1, 0.15) is 0 Å². The summed E-state index contributed by atoms with van der Waals surface area (Å²) in [5, 5.41) is 6.59. The van der Waals surface area contributed by atoms with Gasteiger partial charge in [0, 0.05) is 22.0 Å². The molecule has 18 heavy (non-hydrogen) atoms. The Balaban J connectivity index is 2.05. The Kier molecular flexibility index (Phi) is 4.81. The Labute approximate surface area is 118 Å². The van der Waals surface area contributed by atoms with Crippen molar-refractivity contribution in [2.24, 2.45) is 0 Å². The molecule has 0 saturated carbocycles. The van der Waals surface area contributed by atoms with Crippen LogP contribution < -0.4 is 5.32 Å². The molecule has 1 aromatic heterocycles. The molecule has 1 N–H and O–H groups in total. The van der Waals surface area contributed by atoms with Crippen molar-refractivity contribution in [2.45, 2.75) is 32.4 Å². The third kappa shape index (κ3) is 3.35. The molecule has 96 valence electrons. The SMILES string of the molecule is CCC(N[C@H](C)c1ccc(Cl)cc1)c1cccs1. The Morgan fingerprint density at radius 2 is 1.94 bits per heavy atom. The number of hydrogen-bond donors (Lipinski definition) is 1. The lowest BCUT2D eigenvalue weighted by Crippen LogP contribution is -2.23. The van der Waals surface area contributed by atoms with Crippen LogP contribution in [0.3, 0.4) is 0 Å². The van der Waals surface area contributed by atoms with Gasteiger partial charge in [-0.25, -0.2) is 0 Å². The maximum Gasteiger partial charge on any atom is 0.0416 e. The minimum absolute atomic E-state index is 0.328. The van der Waals surface area contributed by atoms with Crippen LogP contribution in [0.1, 0.15) is 42.8 Å². The highest BCUT2D eigenvalue weighted by atomic mass is 35.5. The molecule has 0 saturated heterocycles. The van der Waals surface area contributed by atoms with Crippen LogP contribution in [0, 0.1) is 0 Å². The molecule has 0 amide bonds. The number of thiophene rings is 1. The molecule has 1 aromatic carbocycles. The molecule has 0 aliphatic rings. The van der Waals surface area contributed by atoms with Crippen molar-refractivity contribution in [2.75, 3.05) is 0 Å². The fourth-order valence-corrected chi connectivity index (χ4v) is 3.04. The maximum atomic E-state index is 5.91. The number of rotatable bonds is 5. The highest BCUT2D eigenvalue weighted by molar-refractivity contribution is 7.10. The first-order chi connectivity index (χ1) is 8.70. The van der Waals surface area contributed by atoms with Crippen LogP contribution in [0.5, 0.6) is 0 Å². The quantitative estimate of drug-likeness (QED) is 0.793. The van der Waals surface area contributed by atoms with Crippen LogP contribution >= 0.6 is 22.9 Å². The summed E-state index contributed by atoms with van der Waals surface area (Å²) in [5.74, 6) is 0. The fourth-order valence-electron chi connectivity index (χ4n) is 2.04. The Bertz CT molecular complexity index is 464. The van der Waals surface area contributed by atoms with E-state index >= 15 is 0 Å². The standard InChI is InChI=1S/C15H18ClNS/c1-3-14(15-5-4-10-18-15)17-11(2)12-6-8-13(16)9-7-12/h4-11,14,17H,3H2,1-2H3/t11-,14?/m1/s1. The lowest BCUT2D eigenvalue weighted by molar-refractivity contribution is 0.462. The monoisotopic (exact) mass is 279 g/mol. The van der Waals surface area contributed by atoms with Crippen LogP contribution in [0.15, 0.2) is 41.8 Å². The van der Waals surface area contributed by atoms with E-state index in [9.17, 15) is 0 Å². The Morgan fingerprint density at radius 1 is 1.22 bits per heavy atom. The van der Waals surface area contributed by atoms with Gasteiger partial charge in [0.25, 0.3) is 0 Å². The molecule has 0 bridgehead atoms. The molecule has 1 heterocycles. The van der Waals surface area contributed by atoms with Crippen molar-refractivity contribution >= 4 is 22.9 Å². The van der Waals surface area contributed by atoms with E-state index in [2.05, 4.69) is 48.8 Å². The zero-order valence-electron chi connectivity index (χ0n) is 10.7. The lowest BCUT2D eigenvalue weighted by Gasteiger charge is -2.21.